The van der Waals surface area contributed by atoms with Gasteiger partial charge in [-0.1, -0.05) is 6.07 Å². The zero-order valence-electron chi connectivity index (χ0n) is 13.0. The van der Waals surface area contributed by atoms with E-state index in [1.807, 2.05) is 4.90 Å². The van der Waals surface area contributed by atoms with Crippen LogP contribution < -0.4 is 4.90 Å². The van der Waals surface area contributed by atoms with Crippen LogP contribution >= 0.6 is 11.3 Å². The number of carbonyl (C=O) groups excluding carboxylic acids is 1. The van der Waals surface area contributed by atoms with E-state index in [0.29, 0.717) is 0 Å². The van der Waals surface area contributed by atoms with Gasteiger partial charge in [-0.2, -0.15) is 0 Å². The molecule has 1 spiro atoms. The maximum atomic E-state index is 13.1. The van der Waals surface area contributed by atoms with Crippen molar-refractivity contribution < 1.29 is 4.79 Å². The summed E-state index contributed by atoms with van der Waals surface area (Å²) in [6, 6.07) is 4.27. The van der Waals surface area contributed by atoms with Crippen LogP contribution in [-0.4, -0.2) is 40.4 Å². The van der Waals surface area contributed by atoms with Crippen LogP contribution in [0, 0.1) is 5.41 Å². The Hall–Kier alpha value is -1.79. The van der Waals surface area contributed by atoms with Gasteiger partial charge < -0.3 is 4.90 Å². The lowest BCUT2D eigenvalue weighted by Gasteiger charge is -2.38. The van der Waals surface area contributed by atoms with Gasteiger partial charge in [0.25, 0.3) is 0 Å². The number of anilines is 1. The lowest BCUT2D eigenvalue weighted by Crippen LogP contribution is -2.47. The molecule has 0 aliphatic carbocycles. The summed E-state index contributed by atoms with van der Waals surface area (Å²) in [6.45, 7) is 3.69. The van der Waals surface area contributed by atoms with Crippen molar-refractivity contribution in [3.63, 3.8) is 0 Å². The summed E-state index contributed by atoms with van der Waals surface area (Å²) in [6.07, 6.45) is 7.99. The van der Waals surface area contributed by atoms with E-state index < -0.39 is 0 Å². The van der Waals surface area contributed by atoms with Gasteiger partial charge >= 0.3 is 0 Å². The maximum absolute atomic E-state index is 13.1. The number of thiophene rings is 1. The third-order valence-electron chi connectivity index (χ3n) is 4.99. The van der Waals surface area contributed by atoms with Crippen molar-refractivity contribution in [2.24, 2.45) is 5.41 Å². The molecule has 1 amide bonds. The number of piperidine rings is 1. The Balaban J connectivity index is 1.51. The van der Waals surface area contributed by atoms with Crippen molar-refractivity contribution in [2.45, 2.75) is 25.8 Å². The summed E-state index contributed by atoms with van der Waals surface area (Å²) >= 11 is 1.79. The monoisotopic (exact) mass is 328 g/mol. The number of rotatable bonds is 3. The highest BCUT2D eigenvalue weighted by Gasteiger charge is 2.49. The predicted molar refractivity (Wildman–Crippen MR) is 90.3 cm³/mol. The average Bonchev–Trinajstić information content (AvgIpc) is 3.19. The molecule has 1 atom stereocenters. The maximum Gasteiger partial charge on any atom is 0.234 e. The number of aromatic nitrogens is 2. The Labute approximate surface area is 140 Å². The fraction of sp³-hybridized carbons (Fsp3) is 0.471. The van der Waals surface area contributed by atoms with E-state index in [0.717, 1.165) is 51.1 Å². The first-order valence-electron chi connectivity index (χ1n) is 8.09. The molecular weight excluding hydrogens is 308 g/mol. The number of nitrogens with zero attached hydrogens (tertiary/aromatic N) is 4. The smallest absolute Gasteiger partial charge is 0.234 e. The van der Waals surface area contributed by atoms with Crippen molar-refractivity contribution in [3.8, 4) is 0 Å². The van der Waals surface area contributed by atoms with Crippen molar-refractivity contribution >= 4 is 22.9 Å². The van der Waals surface area contributed by atoms with Crippen LogP contribution in [0.3, 0.4) is 0 Å². The van der Waals surface area contributed by atoms with Crippen LogP contribution in [0.2, 0.25) is 0 Å². The van der Waals surface area contributed by atoms with Crippen LogP contribution in [0.5, 0.6) is 0 Å². The molecule has 2 aliphatic heterocycles. The molecule has 4 rings (SSSR count). The molecule has 5 nitrogen and oxygen atoms in total. The summed E-state index contributed by atoms with van der Waals surface area (Å²) in [7, 11) is 0. The Morgan fingerprint density at radius 2 is 2.09 bits per heavy atom. The number of likely N-dealkylation sites (tertiary alicyclic amines) is 1. The normalized spacial score (nSPS) is 25.4. The second kappa shape index (κ2) is 6.02. The first-order chi connectivity index (χ1) is 11.3. The van der Waals surface area contributed by atoms with Gasteiger partial charge in [-0.05, 0) is 37.3 Å². The van der Waals surface area contributed by atoms with Crippen molar-refractivity contribution in [2.75, 3.05) is 24.5 Å². The first kappa shape index (κ1) is 14.8. The van der Waals surface area contributed by atoms with Crippen molar-refractivity contribution in [1.82, 2.24) is 14.9 Å². The van der Waals surface area contributed by atoms with Gasteiger partial charge in [-0.15, -0.1) is 11.3 Å². The van der Waals surface area contributed by atoms with Gasteiger partial charge in [-0.3, -0.25) is 9.69 Å². The molecule has 2 aromatic heterocycles. The lowest BCUT2D eigenvalue weighted by atomic mass is 9.78. The molecule has 0 saturated carbocycles. The molecule has 2 saturated heterocycles. The molecule has 6 heteroatoms. The number of hydrogen-bond donors (Lipinski definition) is 0. The molecule has 4 heterocycles. The highest BCUT2D eigenvalue weighted by atomic mass is 32.1. The molecule has 0 radical (unpaired) electrons. The standard InChI is InChI=1S/C17H20N4OS/c22-16-17(5-7-21(16)14-9-18-13-19-10-14)4-2-6-20(12-17)11-15-3-1-8-23-15/h1,3,8-10,13H,2,4-7,11-12H2/t17-/m1/s1. The quantitative estimate of drug-likeness (QED) is 0.869. The van der Waals surface area contributed by atoms with Crippen LogP contribution in [-0.2, 0) is 11.3 Å². The Morgan fingerprint density at radius 3 is 2.87 bits per heavy atom. The predicted octanol–water partition coefficient (Wildman–Crippen LogP) is 2.56. The molecular formula is C17H20N4OS. The van der Waals surface area contributed by atoms with E-state index in [2.05, 4.69) is 32.4 Å². The first-order valence-corrected chi connectivity index (χ1v) is 8.97. The van der Waals surface area contributed by atoms with Crippen LogP contribution in [0.4, 0.5) is 5.69 Å². The highest BCUT2D eigenvalue weighted by Crippen LogP contribution is 2.42. The fourth-order valence-electron chi connectivity index (χ4n) is 3.86. The summed E-state index contributed by atoms with van der Waals surface area (Å²) in [5, 5.41) is 2.12. The Bertz CT molecular complexity index is 675. The lowest BCUT2D eigenvalue weighted by molar-refractivity contribution is -0.128. The average molecular weight is 328 g/mol. The van der Waals surface area contributed by atoms with Crippen LogP contribution in [0.15, 0.2) is 36.2 Å². The number of hydrogen-bond acceptors (Lipinski definition) is 5. The zero-order valence-corrected chi connectivity index (χ0v) is 13.8. The van der Waals surface area contributed by atoms with E-state index in [4.69, 9.17) is 0 Å². The third-order valence-corrected chi connectivity index (χ3v) is 5.85. The second-order valence-corrected chi connectivity index (χ2v) is 7.51. The van der Waals surface area contributed by atoms with E-state index >= 15 is 0 Å². The minimum Gasteiger partial charge on any atom is -0.309 e. The SMILES string of the molecule is O=C1N(c2cncnc2)CC[C@@]12CCCN(Cc1cccs1)C2. The van der Waals surface area contributed by atoms with Gasteiger partial charge in [-0.25, -0.2) is 9.97 Å². The summed E-state index contributed by atoms with van der Waals surface area (Å²) in [5.74, 6) is 0.253. The van der Waals surface area contributed by atoms with Gasteiger partial charge in [0.1, 0.15) is 6.33 Å². The number of carbonyl (C=O) groups is 1. The molecule has 2 aromatic rings. The summed E-state index contributed by atoms with van der Waals surface area (Å²) in [5.41, 5.74) is 0.607. The van der Waals surface area contributed by atoms with E-state index in [-0.39, 0.29) is 11.3 Å². The third kappa shape index (κ3) is 2.77. The van der Waals surface area contributed by atoms with E-state index in [1.54, 1.807) is 23.7 Å². The second-order valence-electron chi connectivity index (χ2n) is 6.48. The molecule has 2 fully saturated rings. The molecule has 0 N–H and O–H groups in total. The van der Waals surface area contributed by atoms with Gasteiger partial charge in [0.05, 0.1) is 23.5 Å². The molecule has 0 aromatic carbocycles. The Kier molecular flexibility index (Phi) is 3.87. The van der Waals surface area contributed by atoms with Crippen molar-refractivity contribution in [1.29, 1.82) is 0 Å². The summed E-state index contributed by atoms with van der Waals surface area (Å²) < 4.78 is 0. The topological polar surface area (TPSA) is 49.3 Å². The fourth-order valence-corrected chi connectivity index (χ4v) is 4.61. The molecule has 120 valence electrons. The summed E-state index contributed by atoms with van der Waals surface area (Å²) in [4.78, 5) is 26.9. The van der Waals surface area contributed by atoms with E-state index in [1.165, 1.54) is 11.2 Å². The van der Waals surface area contributed by atoms with Crippen LogP contribution in [0.1, 0.15) is 24.1 Å². The van der Waals surface area contributed by atoms with Crippen LogP contribution in [0.25, 0.3) is 0 Å². The van der Waals surface area contributed by atoms with E-state index in [9.17, 15) is 4.79 Å². The Morgan fingerprint density at radius 1 is 1.22 bits per heavy atom. The minimum absolute atomic E-state index is 0.217. The molecule has 2 aliphatic rings. The minimum atomic E-state index is -0.217. The molecule has 0 bridgehead atoms. The van der Waals surface area contributed by atoms with Gasteiger partial charge in [0, 0.05) is 24.5 Å². The molecule has 0 unspecified atom stereocenters. The molecule has 23 heavy (non-hydrogen) atoms. The number of amides is 1. The van der Waals surface area contributed by atoms with Gasteiger partial charge in [0.2, 0.25) is 5.91 Å². The van der Waals surface area contributed by atoms with Gasteiger partial charge in [0.15, 0.2) is 0 Å². The zero-order chi connectivity index (χ0) is 15.7. The highest BCUT2D eigenvalue weighted by molar-refractivity contribution is 7.09. The largest absolute Gasteiger partial charge is 0.309 e. The van der Waals surface area contributed by atoms with Crippen molar-refractivity contribution in [3.05, 3.63) is 41.1 Å².